The number of carbonyl (C=O) groups is 1. The van der Waals surface area contributed by atoms with Gasteiger partial charge in [-0.1, -0.05) is 32.8 Å². The maximum Gasteiger partial charge on any atom is 0.227 e. The van der Waals surface area contributed by atoms with Gasteiger partial charge in [0.2, 0.25) is 5.91 Å². The lowest BCUT2D eigenvalue weighted by Crippen LogP contribution is -2.23. The minimum absolute atomic E-state index is 0.0696. The Morgan fingerprint density at radius 2 is 1.95 bits per heavy atom. The molecule has 0 aromatic heterocycles. The van der Waals surface area contributed by atoms with Gasteiger partial charge in [0.15, 0.2) is 0 Å². The number of anilines is 1. The van der Waals surface area contributed by atoms with Crippen LogP contribution in [0.25, 0.3) is 0 Å². The monoisotopic (exact) mass is 258 g/mol. The van der Waals surface area contributed by atoms with Crippen LogP contribution in [0.5, 0.6) is 0 Å². The Morgan fingerprint density at radius 1 is 1.32 bits per heavy atom. The predicted octanol–water partition coefficient (Wildman–Crippen LogP) is 4.02. The van der Waals surface area contributed by atoms with Crippen molar-refractivity contribution < 1.29 is 4.79 Å². The summed E-state index contributed by atoms with van der Waals surface area (Å²) in [5, 5.41) is 11.9. The van der Waals surface area contributed by atoms with Gasteiger partial charge >= 0.3 is 0 Å². The van der Waals surface area contributed by atoms with Crippen LogP contribution in [0.1, 0.15) is 50.7 Å². The van der Waals surface area contributed by atoms with E-state index in [1.54, 1.807) is 12.1 Å². The normalized spacial score (nSPS) is 10.3. The van der Waals surface area contributed by atoms with Crippen LogP contribution in [0, 0.1) is 24.2 Å². The molecule has 0 aliphatic heterocycles. The van der Waals surface area contributed by atoms with Gasteiger partial charge in [-0.2, -0.15) is 5.26 Å². The first-order valence-electron chi connectivity index (χ1n) is 6.94. The third-order valence-corrected chi connectivity index (χ3v) is 3.27. The van der Waals surface area contributed by atoms with E-state index >= 15 is 0 Å². The predicted molar refractivity (Wildman–Crippen MR) is 77.8 cm³/mol. The van der Waals surface area contributed by atoms with Crippen molar-refractivity contribution in [2.75, 3.05) is 5.32 Å². The highest BCUT2D eigenvalue weighted by Gasteiger charge is 2.17. The summed E-state index contributed by atoms with van der Waals surface area (Å²) in [7, 11) is 0. The largest absolute Gasteiger partial charge is 0.326 e. The van der Waals surface area contributed by atoms with Gasteiger partial charge in [0.05, 0.1) is 11.6 Å². The van der Waals surface area contributed by atoms with Crippen molar-refractivity contribution in [3.8, 4) is 6.07 Å². The zero-order valence-corrected chi connectivity index (χ0v) is 12.0. The SMILES string of the molecule is CCCC(CCC)C(=O)Nc1cc(C#N)ccc1C. The van der Waals surface area contributed by atoms with E-state index in [4.69, 9.17) is 5.26 Å². The number of nitrogens with one attached hydrogen (secondary N) is 1. The Morgan fingerprint density at radius 3 is 2.47 bits per heavy atom. The van der Waals surface area contributed by atoms with E-state index in [0.717, 1.165) is 36.9 Å². The molecular formula is C16H22N2O. The molecule has 0 atom stereocenters. The third-order valence-electron chi connectivity index (χ3n) is 3.27. The standard InChI is InChI=1S/C16H22N2O/c1-4-6-14(7-5-2)16(19)18-15-10-13(11-17)9-8-12(15)3/h8-10,14H,4-7H2,1-3H3,(H,18,19). The number of nitriles is 1. The Hall–Kier alpha value is -1.82. The highest BCUT2D eigenvalue weighted by atomic mass is 16.1. The van der Waals surface area contributed by atoms with Crippen molar-refractivity contribution in [2.45, 2.75) is 46.5 Å². The van der Waals surface area contributed by atoms with Gasteiger partial charge in [-0.25, -0.2) is 0 Å². The molecule has 3 nitrogen and oxygen atoms in total. The summed E-state index contributed by atoms with van der Waals surface area (Å²) >= 11 is 0. The van der Waals surface area contributed by atoms with Gasteiger partial charge in [-0.3, -0.25) is 4.79 Å². The minimum Gasteiger partial charge on any atom is -0.326 e. The van der Waals surface area contributed by atoms with Gasteiger partial charge in [-0.05, 0) is 37.5 Å². The first-order valence-corrected chi connectivity index (χ1v) is 6.94. The van der Waals surface area contributed by atoms with Crippen molar-refractivity contribution in [2.24, 2.45) is 5.92 Å². The molecule has 0 saturated heterocycles. The van der Waals surface area contributed by atoms with Crippen LogP contribution in [0.3, 0.4) is 0 Å². The molecule has 0 aliphatic rings. The summed E-state index contributed by atoms with van der Waals surface area (Å²) in [6, 6.07) is 7.46. The number of carbonyl (C=O) groups excluding carboxylic acids is 1. The number of nitrogens with zero attached hydrogens (tertiary/aromatic N) is 1. The molecule has 0 saturated carbocycles. The van der Waals surface area contributed by atoms with Crippen LogP contribution in [-0.4, -0.2) is 5.91 Å². The quantitative estimate of drug-likeness (QED) is 0.837. The van der Waals surface area contributed by atoms with E-state index in [0.29, 0.717) is 5.56 Å². The lowest BCUT2D eigenvalue weighted by Gasteiger charge is -2.16. The zero-order chi connectivity index (χ0) is 14.3. The van der Waals surface area contributed by atoms with Crippen molar-refractivity contribution in [3.05, 3.63) is 29.3 Å². The summed E-state index contributed by atoms with van der Waals surface area (Å²) in [6.45, 7) is 6.13. The molecule has 102 valence electrons. The highest BCUT2D eigenvalue weighted by molar-refractivity contribution is 5.93. The molecule has 19 heavy (non-hydrogen) atoms. The summed E-state index contributed by atoms with van der Waals surface area (Å²) < 4.78 is 0. The molecule has 1 amide bonds. The summed E-state index contributed by atoms with van der Waals surface area (Å²) in [6.07, 6.45) is 3.85. The topological polar surface area (TPSA) is 52.9 Å². The minimum atomic E-state index is 0.0696. The van der Waals surface area contributed by atoms with Gasteiger partial charge in [0.25, 0.3) is 0 Å². The average Bonchev–Trinajstić information content (AvgIpc) is 2.41. The van der Waals surface area contributed by atoms with Crippen LogP contribution in [0.4, 0.5) is 5.69 Å². The summed E-state index contributed by atoms with van der Waals surface area (Å²) in [5.41, 5.74) is 2.31. The van der Waals surface area contributed by atoms with E-state index in [9.17, 15) is 4.79 Å². The van der Waals surface area contributed by atoms with Crippen molar-refractivity contribution in [1.82, 2.24) is 0 Å². The Kier molecular flexibility index (Phi) is 6.08. The molecule has 0 aliphatic carbocycles. The van der Waals surface area contributed by atoms with E-state index in [1.807, 2.05) is 13.0 Å². The van der Waals surface area contributed by atoms with Crippen LogP contribution < -0.4 is 5.32 Å². The summed E-state index contributed by atoms with van der Waals surface area (Å²) in [5.74, 6) is 0.141. The maximum absolute atomic E-state index is 12.3. The number of rotatable bonds is 6. The first-order chi connectivity index (χ1) is 9.12. The van der Waals surface area contributed by atoms with Crippen LogP contribution >= 0.6 is 0 Å². The van der Waals surface area contributed by atoms with Crippen LogP contribution in [-0.2, 0) is 4.79 Å². The number of aryl methyl sites for hydroxylation is 1. The zero-order valence-electron chi connectivity index (χ0n) is 12.0. The Balaban J connectivity index is 2.82. The van der Waals surface area contributed by atoms with Gasteiger partial charge < -0.3 is 5.32 Å². The number of benzene rings is 1. The van der Waals surface area contributed by atoms with Crippen LogP contribution in [0.15, 0.2) is 18.2 Å². The van der Waals surface area contributed by atoms with Gasteiger partial charge in [0.1, 0.15) is 0 Å². The second kappa shape index (κ2) is 7.58. The molecule has 3 heteroatoms. The molecular weight excluding hydrogens is 236 g/mol. The molecule has 0 fully saturated rings. The molecule has 1 aromatic rings. The fraction of sp³-hybridized carbons (Fsp3) is 0.500. The number of amides is 1. The molecule has 0 heterocycles. The molecule has 1 N–H and O–H groups in total. The fourth-order valence-corrected chi connectivity index (χ4v) is 2.16. The molecule has 1 aromatic carbocycles. The lowest BCUT2D eigenvalue weighted by atomic mass is 9.97. The Bertz CT molecular complexity index is 468. The maximum atomic E-state index is 12.3. The van der Waals surface area contributed by atoms with E-state index < -0.39 is 0 Å². The Labute approximate surface area is 115 Å². The van der Waals surface area contributed by atoms with Crippen molar-refractivity contribution >= 4 is 11.6 Å². The van der Waals surface area contributed by atoms with E-state index in [-0.39, 0.29) is 11.8 Å². The molecule has 0 radical (unpaired) electrons. The molecule has 0 unspecified atom stereocenters. The first kappa shape index (κ1) is 15.2. The molecule has 0 spiro atoms. The van der Waals surface area contributed by atoms with Gasteiger partial charge in [-0.15, -0.1) is 0 Å². The van der Waals surface area contributed by atoms with E-state index in [2.05, 4.69) is 25.2 Å². The number of hydrogen-bond acceptors (Lipinski definition) is 2. The average molecular weight is 258 g/mol. The second-order valence-corrected chi connectivity index (χ2v) is 4.91. The highest BCUT2D eigenvalue weighted by Crippen LogP contribution is 2.20. The molecule has 1 rings (SSSR count). The fourth-order valence-electron chi connectivity index (χ4n) is 2.16. The second-order valence-electron chi connectivity index (χ2n) is 4.91. The van der Waals surface area contributed by atoms with Gasteiger partial charge in [0, 0.05) is 11.6 Å². The van der Waals surface area contributed by atoms with Crippen molar-refractivity contribution in [3.63, 3.8) is 0 Å². The number of hydrogen-bond donors (Lipinski definition) is 1. The summed E-state index contributed by atoms with van der Waals surface area (Å²) in [4.78, 5) is 12.3. The smallest absolute Gasteiger partial charge is 0.227 e. The van der Waals surface area contributed by atoms with Crippen molar-refractivity contribution in [1.29, 1.82) is 5.26 Å². The van der Waals surface area contributed by atoms with E-state index in [1.165, 1.54) is 0 Å². The van der Waals surface area contributed by atoms with Crippen LogP contribution in [0.2, 0.25) is 0 Å². The molecule has 0 bridgehead atoms. The lowest BCUT2D eigenvalue weighted by molar-refractivity contribution is -0.120. The third kappa shape index (κ3) is 4.40.